The highest BCUT2D eigenvalue weighted by molar-refractivity contribution is 7.54. The molecule has 0 radical (unpaired) electrons. The van der Waals surface area contributed by atoms with Gasteiger partial charge in [0.25, 0.3) is 0 Å². The lowest BCUT2D eigenvalue weighted by atomic mass is 10.1. The second-order valence-electron chi connectivity index (χ2n) is 6.13. The van der Waals surface area contributed by atoms with Gasteiger partial charge in [-0.2, -0.15) is 0 Å². The molecule has 1 atom stereocenters. The molecule has 0 aliphatic carbocycles. The van der Waals surface area contributed by atoms with E-state index in [4.69, 9.17) is 9.05 Å². The Balaban J connectivity index is 1.97. The van der Waals surface area contributed by atoms with Crippen molar-refractivity contribution in [3.8, 4) is 11.3 Å². The van der Waals surface area contributed by atoms with Crippen molar-refractivity contribution in [2.75, 3.05) is 18.5 Å². The summed E-state index contributed by atoms with van der Waals surface area (Å²) in [5.74, 6) is -0.618. The number of anilines is 1. The zero-order valence-corrected chi connectivity index (χ0v) is 17.0. The highest BCUT2D eigenvalue weighted by Gasteiger charge is 2.37. The lowest BCUT2D eigenvalue weighted by Crippen LogP contribution is -2.15. The largest absolute Gasteiger partial charge is 0.368 e. The van der Waals surface area contributed by atoms with Gasteiger partial charge in [-0.1, -0.05) is 48.5 Å². The molecule has 146 valence electrons. The van der Waals surface area contributed by atoms with Gasteiger partial charge in [-0.15, -0.1) is 0 Å². The van der Waals surface area contributed by atoms with Gasteiger partial charge in [-0.05, 0) is 43.7 Å². The van der Waals surface area contributed by atoms with Gasteiger partial charge in [0.2, 0.25) is 0 Å². The van der Waals surface area contributed by atoms with Gasteiger partial charge in [-0.3, -0.25) is 9.55 Å². The predicted octanol–water partition coefficient (Wildman–Crippen LogP) is 6.13. The summed E-state index contributed by atoms with van der Waals surface area (Å²) in [6, 6.07) is 23.3. The van der Waals surface area contributed by atoms with E-state index < -0.39 is 13.4 Å². The van der Waals surface area contributed by atoms with E-state index >= 15 is 0 Å². The normalized spacial score (nSPS) is 12.5. The molecule has 2 aromatic carbocycles. The zero-order valence-electron chi connectivity index (χ0n) is 16.1. The SMILES string of the molecule is CCOP(=O)(OCC)C(Nc1ccccc1)c1ccc(-c2ccccn2)cc1. The van der Waals surface area contributed by atoms with Crippen LogP contribution >= 0.6 is 7.60 Å². The molecule has 6 heteroatoms. The van der Waals surface area contributed by atoms with Gasteiger partial charge in [0, 0.05) is 17.4 Å². The summed E-state index contributed by atoms with van der Waals surface area (Å²) >= 11 is 0. The van der Waals surface area contributed by atoms with Crippen LogP contribution in [-0.2, 0) is 13.6 Å². The number of hydrogen-bond donors (Lipinski definition) is 1. The van der Waals surface area contributed by atoms with E-state index in [0.717, 1.165) is 22.5 Å². The number of pyridine rings is 1. The van der Waals surface area contributed by atoms with Crippen LogP contribution in [0.2, 0.25) is 0 Å². The maximum Gasteiger partial charge on any atom is 0.357 e. The molecule has 5 nitrogen and oxygen atoms in total. The maximum absolute atomic E-state index is 13.6. The van der Waals surface area contributed by atoms with Crippen molar-refractivity contribution >= 4 is 13.3 Å². The standard InChI is InChI=1S/C22H25N2O3P/c1-3-26-28(25,27-4-2)22(24-20-10-6-5-7-11-20)19-15-13-18(14-16-19)21-12-8-9-17-23-21/h5-17,22,24H,3-4H2,1-2H3. The van der Waals surface area contributed by atoms with E-state index in [9.17, 15) is 4.57 Å². The molecule has 0 saturated carbocycles. The topological polar surface area (TPSA) is 60.5 Å². The van der Waals surface area contributed by atoms with E-state index in [-0.39, 0.29) is 0 Å². The molecule has 3 rings (SSSR count). The third kappa shape index (κ3) is 4.87. The molecule has 1 unspecified atom stereocenters. The first-order chi connectivity index (χ1) is 13.7. The fraction of sp³-hybridized carbons (Fsp3) is 0.227. The Labute approximate surface area is 166 Å². The highest BCUT2D eigenvalue weighted by atomic mass is 31.2. The van der Waals surface area contributed by atoms with Crippen molar-refractivity contribution in [3.63, 3.8) is 0 Å². The molecule has 0 amide bonds. The van der Waals surface area contributed by atoms with Crippen LogP contribution in [0.3, 0.4) is 0 Å². The number of nitrogens with one attached hydrogen (secondary N) is 1. The summed E-state index contributed by atoms with van der Waals surface area (Å²) in [7, 11) is -3.43. The van der Waals surface area contributed by atoms with Crippen LogP contribution in [-0.4, -0.2) is 18.2 Å². The molecule has 1 aromatic heterocycles. The Bertz CT molecular complexity index is 892. The van der Waals surface area contributed by atoms with Crippen molar-refractivity contribution in [3.05, 3.63) is 84.6 Å². The third-order valence-electron chi connectivity index (χ3n) is 4.20. The minimum atomic E-state index is -3.43. The Morgan fingerprint density at radius 3 is 2.11 bits per heavy atom. The lowest BCUT2D eigenvalue weighted by Gasteiger charge is -2.28. The predicted molar refractivity (Wildman–Crippen MR) is 113 cm³/mol. The summed E-state index contributed by atoms with van der Waals surface area (Å²) in [5, 5.41) is 3.34. The number of rotatable bonds is 9. The molecule has 0 spiro atoms. The van der Waals surface area contributed by atoms with Gasteiger partial charge in [0.05, 0.1) is 18.9 Å². The van der Waals surface area contributed by atoms with E-state index in [1.807, 2.05) is 86.6 Å². The van der Waals surface area contributed by atoms with Gasteiger partial charge >= 0.3 is 7.60 Å². The maximum atomic E-state index is 13.6. The summed E-state index contributed by atoms with van der Waals surface area (Å²) in [5.41, 5.74) is 3.56. The zero-order chi connectivity index (χ0) is 19.8. The first kappa shape index (κ1) is 20.3. The first-order valence-corrected chi connectivity index (χ1v) is 11.0. The van der Waals surface area contributed by atoms with Crippen LogP contribution < -0.4 is 5.32 Å². The number of benzene rings is 2. The summed E-state index contributed by atoms with van der Waals surface area (Å²) < 4.78 is 24.8. The van der Waals surface area contributed by atoms with Crippen LogP contribution in [0.1, 0.15) is 25.2 Å². The van der Waals surface area contributed by atoms with Crippen LogP contribution in [0.4, 0.5) is 5.69 Å². The third-order valence-corrected chi connectivity index (χ3v) is 6.49. The quantitative estimate of drug-likeness (QED) is 0.441. The van der Waals surface area contributed by atoms with E-state index in [2.05, 4.69) is 10.3 Å². The molecule has 0 bridgehead atoms. The molecule has 3 aromatic rings. The second-order valence-corrected chi connectivity index (χ2v) is 8.24. The van der Waals surface area contributed by atoms with Gasteiger partial charge < -0.3 is 14.4 Å². The lowest BCUT2D eigenvalue weighted by molar-refractivity contribution is 0.214. The Hall–Kier alpha value is -2.46. The summed E-state index contributed by atoms with van der Waals surface area (Å²) in [6.45, 7) is 4.23. The fourth-order valence-corrected chi connectivity index (χ4v) is 4.89. The number of para-hydroxylation sites is 1. The average molecular weight is 396 g/mol. The smallest absolute Gasteiger partial charge is 0.357 e. The Morgan fingerprint density at radius 1 is 0.893 bits per heavy atom. The minimum absolute atomic E-state index is 0.302. The number of nitrogens with zero attached hydrogens (tertiary/aromatic N) is 1. The molecule has 0 saturated heterocycles. The van der Waals surface area contributed by atoms with E-state index in [0.29, 0.717) is 13.2 Å². The first-order valence-electron chi connectivity index (χ1n) is 9.38. The molecule has 1 heterocycles. The van der Waals surface area contributed by atoms with Gasteiger partial charge in [0.15, 0.2) is 5.78 Å². The Kier molecular flexibility index (Phi) is 6.99. The van der Waals surface area contributed by atoms with Gasteiger partial charge in [-0.25, -0.2) is 0 Å². The molecule has 1 N–H and O–H groups in total. The van der Waals surface area contributed by atoms with Crippen LogP contribution in [0.25, 0.3) is 11.3 Å². The van der Waals surface area contributed by atoms with Crippen molar-refractivity contribution in [1.29, 1.82) is 0 Å². The van der Waals surface area contributed by atoms with E-state index in [1.165, 1.54) is 0 Å². The second kappa shape index (κ2) is 9.65. The van der Waals surface area contributed by atoms with Crippen molar-refractivity contribution < 1.29 is 13.6 Å². The minimum Gasteiger partial charge on any atom is -0.368 e. The number of aromatic nitrogens is 1. The van der Waals surface area contributed by atoms with E-state index in [1.54, 1.807) is 6.20 Å². The fourth-order valence-electron chi connectivity index (χ4n) is 2.95. The van der Waals surface area contributed by atoms with Gasteiger partial charge in [0.1, 0.15) is 0 Å². The molecule has 28 heavy (non-hydrogen) atoms. The van der Waals surface area contributed by atoms with Crippen molar-refractivity contribution in [2.24, 2.45) is 0 Å². The Morgan fingerprint density at radius 2 is 1.54 bits per heavy atom. The van der Waals surface area contributed by atoms with Crippen LogP contribution in [0.5, 0.6) is 0 Å². The van der Waals surface area contributed by atoms with Crippen LogP contribution in [0.15, 0.2) is 79.0 Å². The molecule has 0 aliphatic rings. The molecular weight excluding hydrogens is 371 g/mol. The molecule has 0 aliphatic heterocycles. The molecular formula is C22H25N2O3P. The highest BCUT2D eigenvalue weighted by Crippen LogP contribution is 2.60. The summed E-state index contributed by atoms with van der Waals surface area (Å²) in [4.78, 5) is 4.38. The number of hydrogen-bond acceptors (Lipinski definition) is 5. The van der Waals surface area contributed by atoms with Crippen LogP contribution in [0, 0.1) is 0 Å². The molecule has 0 fully saturated rings. The van der Waals surface area contributed by atoms with Crippen molar-refractivity contribution in [2.45, 2.75) is 19.6 Å². The average Bonchev–Trinajstić information content (AvgIpc) is 2.74. The monoisotopic (exact) mass is 396 g/mol. The summed E-state index contributed by atoms with van der Waals surface area (Å²) in [6.07, 6.45) is 1.77. The van der Waals surface area contributed by atoms with Crippen molar-refractivity contribution in [1.82, 2.24) is 4.98 Å².